The van der Waals surface area contributed by atoms with Gasteiger partial charge in [0.05, 0.1) is 5.92 Å². The molecular weight excluding hydrogens is 198 g/mol. The minimum absolute atomic E-state index is 0.0250. The lowest BCUT2D eigenvalue weighted by atomic mass is 9.98. The van der Waals surface area contributed by atoms with Crippen LogP contribution in [0.25, 0.3) is 0 Å². The highest BCUT2D eigenvalue weighted by Gasteiger charge is 2.35. The fourth-order valence-corrected chi connectivity index (χ4v) is 1.61. The van der Waals surface area contributed by atoms with E-state index in [0.717, 1.165) is 0 Å². The molecule has 0 radical (unpaired) electrons. The van der Waals surface area contributed by atoms with E-state index in [1.54, 1.807) is 12.0 Å². The molecule has 1 unspecified atom stereocenters. The Balaban J connectivity index is 2.23. The van der Waals surface area contributed by atoms with Crippen LogP contribution < -0.4 is 0 Å². The van der Waals surface area contributed by atoms with Gasteiger partial charge in [-0.2, -0.15) is 0 Å². The van der Waals surface area contributed by atoms with Crippen LogP contribution in [-0.4, -0.2) is 48.7 Å². The van der Waals surface area contributed by atoms with E-state index in [4.69, 9.17) is 9.84 Å². The molecule has 15 heavy (non-hydrogen) atoms. The zero-order valence-corrected chi connectivity index (χ0v) is 9.10. The van der Waals surface area contributed by atoms with Gasteiger partial charge in [-0.05, 0) is 5.92 Å². The monoisotopic (exact) mass is 215 g/mol. The summed E-state index contributed by atoms with van der Waals surface area (Å²) in [6, 6.07) is 0. The molecule has 1 N–H and O–H groups in total. The summed E-state index contributed by atoms with van der Waals surface area (Å²) in [5, 5.41) is 8.64. The maximum Gasteiger partial charge on any atom is 0.310 e. The first-order chi connectivity index (χ1) is 7.04. The summed E-state index contributed by atoms with van der Waals surface area (Å²) in [5.41, 5.74) is 0. The first kappa shape index (κ1) is 12.0. The lowest BCUT2D eigenvalue weighted by molar-refractivity contribution is -0.153. The molecule has 1 aliphatic heterocycles. The first-order valence-electron chi connectivity index (χ1n) is 5.04. The lowest BCUT2D eigenvalue weighted by Gasteiger charge is -2.37. The summed E-state index contributed by atoms with van der Waals surface area (Å²) < 4.78 is 4.93. The van der Waals surface area contributed by atoms with Crippen LogP contribution in [0.5, 0.6) is 0 Å². The molecule has 86 valence electrons. The number of aliphatic carboxylic acids is 1. The van der Waals surface area contributed by atoms with Gasteiger partial charge >= 0.3 is 5.97 Å². The van der Waals surface area contributed by atoms with Crippen molar-refractivity contribution in [3.05, 3.63) is 0 Å². The van der Waals surface area contributed by atoms with E-state index in [1.807, 2.05) is 6.92 Å². The van der Waals surface area contributed by atoms with Gasteiger partial charge in [0.1, 0.15) is 0 Å². The molecule has 0 aromatic carbocycles. The minimum atomic E-state index is -0.816. The number of amides is 1. The van der Waals surface area contributed by atoms with Crippen molar-refractivity contribution in [1.29, 1.82) is 0 Å². The number of methoxy groups -OCH3 is 1. The SMILES string of the molecule is COCC(C)CC(=O)N1CC(C(=O)O)C1. The topological polar surface area (TPSA) is 66.8 Å². The normalized spacial score (nSPS) is 18.4. The Morgan fingerprint density at radius 2 is 2.13 bits per heavy atom. The van der Waals surface area contributed by atoms with Gasteiger partial charge in [0.15, 0.2) is 0 Å². The summed E-state index contributed by atoms with van der Waals surface area (Å²) in [6.07, 6.45) is 0.431. The second kappa shape index (κ2) is 5.11. The average Bonchev–Trinajstić information content (AvgIpc) is 1.99. The highest BCUT2D eigenvalue weighted by Crippen LogP contribution is 2.18. The first-order valence-corrected chi connectivity index (χ1v) is 5.04. The summed E-state index contributed by atoms with van der Waals surface area (Å²) in [7, 11) is 1.60. The van der Waals surface area contributed by atoms with Crippen LogP contribution >= 0.6 is 0 Å². The van der Waals surface area contributed by atoms with Gasteiger partial charge in [-0.1, -0.05) is 6.92 Å². The molecule has 0 aromatic rings. The number of carbonyl (C=O) groups excluding carboxylic acids is 1. The zero-order valence-electron chi connectivity index (χ0n) is 9.10. The lowest BCUT2D eigenvalue weighted by Crippen LogP contribution is -2.53. The predicted molar refractivity (Wildman–Crippen MR) is 53.4 cm³/mol. The van der Waals surface area contributed by atoms with Crippen LogP contribution in [0.4, 0.5) is 0 Å². The molecule has 1 fully saturated rings. The fraction of sp³-hybridized carbons (Fsp3) is 0.800. The van der Waals surface area contributed by atoms with Gasteiger partial charge in [0.25, 0.3) is 0 Å². The van der Waals surface area contributed by atoms with E-state index >= 15 is 0 Å². The number of nitrogens with zero attached hydrogens (tertiary/aromatic N) is 1. The largest absolute Gasteiger partial charge is 0.481 e. The van der Waals surface area contributed by atoms with Crippen LogP contribution in [0.2, 0.25) is 0 Å². The van der Waals surface area contributed by atoms with Crippen molar-refractivity contribution in [2.75, 3.05) is 26.8 Å². The van der Waals surface area contributed by atoms with Gasteiger partial charge in [-0.25, -0.2) is 0 Å². The Hall–Kier alpha value is -1.10. The highest BCUT2D eigenvalue weighted by atomic mass is 16.5. The molecule has 1 rings (SSSR count). The smallest absolute Gasteiger partial charge is 0.310 e. The fourth-order valence-electron chi connectivity index (χ4n) is 1.61. The second-order valence-corrected chi connectivity index (χ2v) is 4.10. The van der Waals surface area contributed by atoms with Crippen LogP contribution in [-0.2, 0) is 14.3 Å². The Labute approximate surface area is 89.0 Å². The molecule has 5 heteroatoms. The summed E-state index contributed by atoms with van der Waals surface area (Å²) in [6.45, 7) is 3.21. The second-order valence-electron chi connectivity index (χ2n) is 4.10. The number of rotatable bonds is 5. The quantitative estimate of drug-likeness (QED) is 0.711. The molecule has 0 aliphatic carbocycles. The van der Waals surface area contributed by atoms with E-state index in [-0.39, 0.29) is 17.7 Å². The number of hydrogen-bond donors (Lipinski definition) is 1. The van der Waals surface area contributed by atoms with Crippen LogP contribution in [0.3, 0.4) is 0 Å². The Morgan fingerprint density at radius 3 is 2.60 bits per heavy atom. The molecule has 1 saturated heterocycles. The van der Waals surface area contributed by atoms with Crippen molar-refractivity contribution in [2.45, 2.75) is 13.3 Å². The Kier molecular flexibility index (Phi) is 4.08. The van der Waals surface area contributed by atoms with E-state index in [1.165, 1.54) is 0 Å². The Bertz CT molecular complexity index is 248. The standard InChI is InChI=1S/C10H17NO4/c1-7(6-15-2)3-9(12)11-4-8(5-11)10(13)14/h7-8H,3-6H2,1-2H3,(H,13,14). The summed E-state index contributed by atoms with van der Waals surface area (Å²) >= 11 is 0. The van der Waals surface area contributed by atoms with Crippen molar-refractivity contribution in [2.24, 2.45) is 11.8 Å². The highest BCUT2D eigenvalue weighted by molar-refractivity contribution is 5.81. The van der Waals surface area contributed by atoms with Gasteiger partial charge in [0, 0.05) is 33.2 Å². The summed E-state index contributed by atoms with van der Waals surface area (Å²) in [4.78, 5) is 23.7. The maximum atomic E-state index is 11.6. The molecule has 0 spiro atoms. The van der Waals surface area contributed by atoms with Crippen LogP contribution in [0.1, 0.15) is 13.3 Å². The van der Waals surface area contributed by atoms with Crippen molar-refractivity contribution in [3.8, 4) is 0 Å². The van der Waals surface area contributed by atoms with Gasteiger partial charge in [-0.15, -0.1) is 0 Å². The number of carboxylic acids is 1. The molecule has 1 amide bonds. The number of carboxylic acid groups (broad SMARTS) is 1. The van der Waals surface area contributed by atoms with E-state index in [2.05, 4.69) is 0 Å². The molecule has 1 heterocycles. The van der Waals surface area contributed by atoms with Gasteiger partial charge in [-0.3, -0.25) is 9.59 Å². The maximum absolute atomic E-state index is 11.6. The zero-order chi connectivity index (χ0) is 11.4. The van der Waals surface area contributed by atoms with E-state index < -0.39 is 5.97 Å². The third-order valence-electron chi connectivity index (χ3n) is 2.56. The average molecular weight is 215 g/mol. The van der Waals surface area contributed by atoms with Crippen molar-refractivity contribution < 1.29 is 19.4 Å². The van der Waals surface area contributed by atoms with Crippen molar-refractivity contribution in [3.63, 3.8) is 0 Å². The molecule has 1 atom stereocenters. The molecular formula is C10H17NO4. The number of carbonyl (C=O) groups is 2. The van der Waals surface area contributed by atoms with Gasteiger partial charge < -0.3 is 14.7 Å². The third-order valence-corrected chi connectivity index (χ3v) is 2.56. The molecule has 0 aromatic heterocycles. The van der Waals surface area contributed by atoms with Crippen LogP contribution in [0.15, 0.2) is 0 Å². The minimum Gasteiger partial charge on any atom is -0.481 e. The van der Waals surface area contributed by atoms with E-state index in [0.29, 0.717) is 26.1 Å². The summed E-state index contributed by atoms with van der Waals surface area (Å²) in [5.74, 6) is -0.973. The van der Waals surface area contributed by atoms with E-state index in [9.17, 15) is 9.59 Å². The molecule has 1 aliphatic rings. The number of likely N-dealkylation sites (tertiary alicyclic amines) is 1. The van der Waals surface area contributed by atoms with Crippen molar-refractivity contribution in [1.82, 2.24) is 4.90 Å². The van der Waals surface area contributed by atoms with Gasteiger partial charge in [0.2, 0.25) is 5.91 Å². The third kappa shape index (κ3) is 3.20. The van der Waals surface area contributed by atoms with Crippen LogP contribution in [0, 0.1) is 11.8 Å². The predicted octanol–water partition coefficient (Wildman–Crippen LogP) is 0.202. The molecule has 0 bridgehead atoms. The number of ether oxygens (including phenoxy) is 1. The molecule has 0 saturated carbocycles. The molecule has 5 nitrogen and oxygen atoms in total. The van der Waals surface area contributed by atoms with Crippen molar-refractivity contribution >= 4 is 11.9 Å². The number of hydrogen-bond acceptors (Lipinski definition) is 3. The Morgan fingerprint density at radius 1 is 1.53 bits per heavy atom.